The second-order valence-corrected chi connectivity index (χ2v) is 7.59. The fourth-order valence-electron chi connectivity index (χ4n) is 2.71. The molecule has 0 amide bonds. The van der Waals surface area contributed by atoms with Crippen molar-refractivity contribution in [1.29, 1.82) is 0 Å². The number of benzene rings is 1. The second kappa shape index (κ2) is 7.47. The largest absolute Gasteiger partial charge is 0.453 e. The molecule has 4 rings (SSSR count). The summed E-state index contributed by atoms with van der Waals surface area (Å²) in [4.78, 5) is 25.0. The smallest absolute Gasteiger partial charge is 0.378 e. The van der Waals surface area contributed by atoms with Gasteiger partial charge in [0.1, 0.15) is 11.6 Å². The molecule has 0 aliphatic carbocycles. The summed E-state index contributed by atoms with van der Waals surface area (Å²) in [5.41, 5.74) is 3.87. The summed E-state index contributed by atoms with van der Waals surface area (Å²) in [5.74, 6) is 0.252. The fourth-order valence-corrected chi connectivity index (χ4v) is 3.52. The number of aromatic nitrogens is 5. The van der Waals surface area contributed by atoms with Gasteiger partial charge < -0.3 is 4.74 Å². The molecule has 4 aromatic rings. The van der Waals surface area contributed by atoms with Gasteiger partial charge in [0.25, 0.3) is 11.6 Å². The highest BCUT2D eigenvalue weighted by molar-refractivity contribution is 7.13. The van der Waals surface area contributed by atoms with Gasteiger partial charge in [-0.2, -0.15) is 4.98 Å². The van der Waals surface area contributed by atoms with Gasteiger partial charge in [0.15, 0.2) is 0 Å². The number of esters is 1. The van der Waals surface area contributed by atoms with Crippen LogP contribution in [0, 0.1) is 6.92 Å². The normalized spacial score (nSPS) is 11.3. The number of aryl methyl sites for hydroxylation is 1. The van der Waals surface area contributed by atoms with Gasteiger partial charge in [-0.1, -0.05) is 38.1 Å². The number of nitrogens with zero attached hydrogens (tertiary/aromatic N) is 5. The van der Waals surface area contributed by atoms with Crippen molar-refractivity contribution in [2.75, 3.05) is 0 Å². The zero-order chi connectivity index (χ0) is 19.7. The van der Waals surface area contributed by atoms with Gasteiger partial charge in [-0.05, 0) is 24.5 Å². The molecule has 0 saturated heterocycles. The van der Waals surface area contributed by atoms with E-state index in [0.717, 1.165) is 16.3 Å². The Morgan fingerprint density at radius 3 is 2.68 bits per heavy atom. The molecule has 3 aromatic heterocycles. The molecule has 0 atom stereocenters. The van der Waals surface area contributed by atoms with Crippen LogP contribution in [0.4, 0.5) is 0 Å². The lowest BCUT2D eigenvalue weighted by molar-refractivity contribution is 0.0454. The molecule has 7 nitrogen and oxygen atoms in total. The predicted octanol–water partition coefficient (Wildman–Crippen LogP) is 4.04. The molecule has 0 unspecified atom stereocenters. The third-order valence-corrected chi connectivity index (χ3v) is 5.28. The Morgan fingerprint density at radius 2 is 1.96 bits per heavy atom. The van der Waals surface area contributed by atoms with Crippen LogP contribution in [0.15, 0.2) is 41.9 Å². The van der Waals surface area contributed by atoms with Crippen LogP contribution in [0.25, 0.3) is 16.3 Å². The molecule has 28 heavy (non-hydrogen) atoms. The summed E-state index contributed by atoms with van der Waals surface area (Å²) in [6.07, 6.45) is 1.62. The van der Waals surface area contributed by atoms with Crippen molar-refractivity contribution in [3.63, 3.8) is 0 Å². The molecule has 0 radical (unpaired) electrons. The van der Waals surface area contributed by atoms with E-state index in [4.69, 9.17) is 4.74 Å². The average Bonchev–Trinajstić information content (AvgIpc) is 3.34. The van der Waals surface area contributed by atoms with Crippen LogP contribution in [0.1, 0.15) is 47.3 Å². The molecule has 0 aliphatic heterocycles. The van der Waals surface area contributed by atoms with E-state index in [1.807, 2.05) is 12.3 Å². The molecule has 0 aliphatic rings. The van der Waals surface area contributed by atoms with E-state index in [-0.39, 0.29) is 12.4 Å². The van der Waals surface area contributed by atoms with Crippen LogP contribution < -0.4 is 0 Å². The third kappa shape index (κ3) is 3.63. The maximum Gasteiger partial charge on any atom is 0.378 e. The van der Waals surface area contributed by atoms with E-state index in [9.17, 15) is 4.79 Å². The lowest BCUT2D eigenvalue weighted by Gasteiger charge is -2.05. The molecule has 0 fully saturated rings. The Kier molecular flexibility index (Phi) is 4.87. The molecular formula is C20H19N5O2S. The van der Waals surface area contributed by atoms with Crippen molar-refractivity contribution in [1.82, 2.24) is 24.6 Å². The first kappa shape index (κ1) is 18.2. The number of hydrogen-bond acceptors (Lipinski definition) is 7. The zero-order valence-corrected chi connectivity index (χ0v) is 16.6. The van der Waals surface area contributed by atoms with E-state index in [0.29, 0.717) is 17.4 Å². The summed E-state index contributed by atoms with van der Waals surface area (Å²) in [7, 11) is 0. The van der Waals surface area contributed by atoms with Crippen molar-refractivity contribution in [2.45, 2.75) is 33.3 Å². The van der Waals surface area contributed by atoms with E-state index in [1.54, 1.807) is 12.3 Å². The van der Waals surface area contributed by atoms with Crippen LogP contribution in [0.5, 0.6) is 0 Å². The van der Waals surface area contributed by atoms with Crippen LogP contribution in [-0.2, 0) is 11.3 Å². The maximum absolute atomic E-state index is 12.3. The van der Waals surface area contributed by atoms with Gasteiger partial charge in [-0.15, -0.1) is 16.4 Å². The molecule has 142 valence electrons. The van der Waals surface area contributed by atoms with Crippen LogP contribution in [0.3, 0.4) is 0 Å². The van der Waals surface area contributed by atoms with Crippen molar-refractivity contribution >= 4 is 23.1 Å². The van der Waals surface area contributed by atoms with Crippen molar-refractivity contribution in [3.8, 4) is 10.6 Å². The lowest BCUT2D eigenvalue weighted by atomic mass is 10.0. The highest BCUT2D eigenvalue weighted by Crippen LogP contribution is 2.26. The number of hydrogen-bond donors (Lipinski definition) is 0. The minimum Gasteiger partial charge on any atom is -0.453 e. The summed E-state index contributed by atoms with van der Waals surface area (Å²) in [6, 6.07) is 10.2. The quantitative estimate of drug-likeness (QED) is 0.476. The number of carbonyl (C=O) groups is 1. The van der Waals surface area contributed by atoms with Crippen LogP contribution in [0.2, 0.25) is 0 Å². The average molecular weight is 393 g/mol. The molecule has 0 N–H and O–H groups in total. The highest BCUT2D eigenvalue weighted by atomic mass is 32.1. The Bertz CT molecular complexity index is 1130. The number of rotatable bonds is 5. The Labute approximate surface area is 166 Å². The first-order chi connectivity index (χ1) is 13.5. The number of carbonyl (C=O) groups excluding carboxylic acids is 1. The number of thiazole rings is 1. The molecule has 3 heterocycles. The number of ether oxygens (including phenoxy) is 1. The van der Waals surface area contributed by atoms with E-state index in [1.165, 1.54) is 21.4 Å². The molecule has 0 spiro atoms. The standard InChI is InChI=1S/C20H19N5O2S/c1-12(2)14-4-6-15(7-5-14)18-22-16(11-28-18)10-27-19(26)17-23-20-21-9-8-13(3)25(20)24-17/h4-9,11-12H,10H2,1-3H3. The van der Waals surface area contributed by atoms with E-state index >= 15 is 0 Å². The topological polar surface area (TPSA) is 82.3 Å². The summed E-state index contributed by atoms with van der Waals surface area (Å²) in [5, 5.41) is 6.94. The highest BCUT2D eigenvalue weighted by Gasteiger charge is 2.17. The maximum atomic E-state index is 12.3. The summed E-state index contributed by atoms with van der Waals surface area (Å²) >= 11 is 1.52. The molecular weight excluding hydrogens is 374 g/mol. The summed E-state index contributed by atoms with van der Waals surface area (Å²) in [6.45, 7) is 6.27. The first-order valence-electron chi connectivity index (χ1n) is 8.91. The Balaban J connectivity index is 1.43. The van der Waals surface area contributed by atoms with Crippen LogP contribution in [-0.4, -0.2) is 30.5 Å². The minimum atomic E-state index is -0.597. The molecule has 0 bridgehead atoms. The third-order valence-electron chi connectivity index (χ3n) is 4.34. The molecule has 8 heteroatoms. The second-order valence-electron chi connectivity index (χ2n) is 6.73. The van der Waals surface area contributed by atoms with Gasteiger partial charge in [0, 0.05) is 22.8 Å². The Morgan fingerprint density at radius 1 is 1.18 bits per heavy atom. The van der Waals surface area contributed by atoms with Crippen molar-refractivity contribution < 1.29 is 9.53 Å². The fraction of sp³-hybridized carbons (Fsp3) is 0.250. The minimum absolute atomic E-state index is 0.0125. The SMILES string of the molecule is Cc1ccnc2nc(C(=O)OCc3csc(-c4ccc(C(C)C)cc4)n3)nn12. The van der Waals surface area contributed by atoms with Gasteiger partial charge in [0.05, 0.1) is 5.69 Å². The lowest BCUT2D eigenvalue weighted by Crippen LogP contribution is -2.08. The van der Waals surface area contributed by atoms with Gasteiger partial charge in [-0.25, -0.2) is 19.3 Å². The Hall–Kier alpha value is -3.13. The number of fused-ring (bicyclic) bond motifs is 1. The summed E-state index contributed by atoms with van der Waals surface area (Å²) < 4.78 is 6.83. The zero-order valence-electron chi connectivity index (χ0n) is 15.8. The van der Waals surface area contributed by atoms with Gasteiger partial charge in [0.2, 0.25) is 0 Å². The monoisotopic (exact) mass is 393 g/mol. The predicted molar refractivity (Wildman–Crippen MR) is 106 cm³/mol. The molecule has 0 saturated carbocycles. The molecule has 1 aromatic carbocycles. The van der Waals surface area contributed by atoms with Crippen LogP contribution >= 0.6 is 11.3 Å². The van der Waals surface area contributed by atoms with Gasteiger partial charge >= 0.3 is 5.97 Å². The first-order valence-corrected chi connectivity index (χ1v) is 9.79. The van der Waals surface area contributed by atoms with Gasteiger partial charge in [-0.3, -0.25) is 0 Å². The van der Waals surface area contributed by atoms with Crippen molar-refractivity contribution in [2.24, 2.45) is 0 Å². The van der Waals surface area contributed by atoms with Crippen molar-refractivity contribution in [3.05, 3.63) is 64.7 Å². The van der Waals surface area contributed by atoms with E-state index < -0.39 is 5.97 Å². The van der Waals surface area contributed by atoms with E-state index in [2.05, 4.69) is 58.2 Å².